The maximum absolute atomic E-state index is 12.0. The molecular weight excluding hydrogens is 266 g/mol. The Balaban J connectivity index is 2.57. The topological polar surface area (TPSA) is 68.0 Å². The number of aryl methyl sites for hydroxylation is 1. The monoisotopic (exact) mass is 287 g/mol. The minimum Gasteiger partial charge on any atom is -0.375 e. The zero-order valence-electron chi connectivity index (χ0n) is 11.3. The predicted molar refractivity (Wildman–Crippen MR) is 79.1 cm³/mol. The van der Waals surface area contributed by atoms with E-state index in [1.807, 2.05) is 13.8 Å². The lowest BCUT2D eigenvalue weighted by atomic mass is 10.2. The Morgan fingerprint density at radius 1 is 1.50 bits per heavy atom. The number of thioether (sulfide) groups is 1. The number of thiazole rings is 1. The lowest BCUT2D eigenvalue weighted by molar-refractivity contribution is -0.121. The second-order valence-corrected chi connectivity index (χ2v) is 6.85. The highest BCUT2D eigenvalue weighted by Crippen LogP contribution is 2.33. The van der Waals surface area contributed by atoms with Crippen LogP contribution in [-0.4, -0.2) is 22.2 Å². The van der Waals surface area contributed by atoms with E-state index < -0.39 is 0 Å². The first-order chi connectivity index (χ1) is 8.47. The largest absolute Gasteiger partial charge is 0.375 e. The van der Waals surface area contributed by atoms with Crippen molar-refractivity contribution in [3.05, 3.63) is 5.69 Å². The van der Waals surface area contributed by atoms with Crippen LogP contribution in [0, 0.1) is 6.92 Å². The number of aromatic nitrogens is 1. The van der Waals surface area contributed by atoms with E-state index in [1.54, 1.807) is 0 Å². The number of amides is 1. The SMILES string of the molecule is CCC(CC)NC(=O)C(C)Sc1sc(N)nc1C. The first-order valence-electron chi connectivity index (χ1n) is 6.17. The van der Waals surface area contributed by atoms with Crippen LogP contribution in [0.3, 0.4) is 0 Å². The fraction of sp³-hybridized carbons (Fsp3) is 0.667. The quantitative estimate of drug-likeness (QED) is 0.789. The van der Waals surface area contributed by atoms with Gasteiger partial charge in [0, 0.05) is 6.04 Å². The van der Waals surface area contributed by atoms with Gasteiger partial charge in [0.2, 0.25) is 5.91 Å². The van der Waals surface area contributed by atoms with E-state index >= 15 is 0 Å². The number of carbonyl (C=O) groups is 1. The number of nitrogens with one attached hydrogen (secondary N) is 1. The van der Waals surface area contributed by atoms with Crippen LogP contribution in [0.2, 0.25) is 0 Å². The van der Waals surface area contributed by atoms with Gasteiger partial charge in [0.15, 0.2) is 5.13 Å². The molecule has 102 valence electrons. The van der Waals surface area contributed by atoms with Crippen LogP contribution in [-0.2, 0) is 4.79 Å². The Kier molecular flexibility index (Phi) is 5.95. The molecule has 3 N–H and O–H groups in total. The Bertz CT molecular complexity index is 402. The predicted octanol–water partition coefficient (Wildman–Crippen LogP) is 2.82. The van der Waals surface area contributed by atoms with Crippen molar-refractivity contribution < 1.29 is 4.79 Å². The van der Waals surface area contributed by atoms with E-state index in [2.05, 4.69) is 24.1 Å². The molecule has 0 spiro atoms. The first kappa shape index (κ1) is 15.3. The summed E-state index contributed by atoms with van der Waals surface area (Å²) in [6, 6.07) is 0.271. The molecule has 1 unspecified atom stereocenters. The fourth-order valence-electron chi connectivity index (χ4n) is 1.54. The molecule has 1 aromatic rings. The summed E-state index contributed by atoms with van der Waals surface area (Å²) in [5.74, 6) is 0.0834. The van der Waals surface area contributed by atoms with Crippen molar-refractivity contribution in [3.8, 4) is 0 Å². The number of hydrogen-bond donors (Lipinski definition) is 2. The van der Waals surface area contributed by atoms with Gasteiger partial charge in [0.1, 0.15) is 0 Å². The van der Waals surface area contributed by atoms with Gasteiger partial charge in [-0.2, -0.15) is 0 Å². The third-order valence-corrected chi connectivity index (χ3v) is 5.15. The van der Waals surface area contributed by atoms with Gasteiger partial charge < -0.3 is 11.1 Å². The van der Waals surface area contributed by atoms with Gasteiger partial charge in [0.05, 0.1) is 15.2 Å². The second kappa shape index (κ2) is 6.99. The maximum Gasteiger partial charge on any atom is 0.233 e. The van der Waals surface area contributed by atoms with Crippen LogP contribution in [0.1, 0.15) is 39.3 Å². The highest BCUT2D eigenvalue weighted by Gasteiger charge is 2.19. The molecule has 1 heterocycles. The lowest BCUT2D eigenvalue weighted by Crippen LogP contribution is -2.38. The van der Waals surface area contributed by atoms with E-state index in [4.69, 9.17) is 5.73 Å². The first-order valence-corrected chi connectivity index (χ1v) is 7.87. The number of nitrogens with two attached hydrogens (primary N) is 1. The maximum atomic E-state index is 12.0. The fourth-order valence-corrected chi connectivity index (χ4v) is 3.70. The third-order valence-electron chi connectivity index (χ3n) is 2.76. The van der Waals surface area contributed by atoms with E-state index in [-0.39, 0.29) is 17.2 Å². The van der Waals surface area contributed by atoms with Crippen LogP contribution in [0.25, 0.3) is 0 Å². The van der Waals surface area contributed by atoms with Gasteiger partial charge >= 0.3 is 0 Å². The molecule has 18 heavy (non-hydrogen) atoms. The molecule has 1 aromatic heterocycles. The van der Waals surface area contributed by atoms with Crippen molar-refractivity contribution in [1.82, 2.24) is 10.3 Å². The Morgan fingerprint density at radius 2 is 2.11 bits per heavy atom. The Labute approximate surface area is 117 Å². The van der Waals surface area contributed by atoms with E-state index in [1.165, 1.54) is 23.1 Å². The smallest absolute Gasteiger partial charge is 0.233 e. The summed E-state index contributed by atoms with van der Waals surface area (Å²) < 4.78 is 1.03. The van der Waals surface area contributed by atoms with Gasteiger partial charge in [-0.25, -0.2) is 4.98 Å². The molecule has 0 aliphatic carbocycles. The summed E-state index contributed by atoms with van der Waals surface area (Å²) in [5, 5.41) is 3.49. The number of carbonyl (C=O) groups excluding carboxylic acids is 1. The summed E-state index contributed by atoms with van der Waals surface area (Å²) >= 11 is 2.97. The average molecular weight is 287 g/mol. The normalized spacial score (nSPS) is 12.7. The average Bonchev–Trinajstić information content (AvgIpc) is 2.64. The molecule has 0 saturated heterocycles. The number of rotatable bonds is 6. The van der Waals surface area contributed by atoms with Gasteiger partial charge in [-0.15, -0.1) is 11.8 Å². The molecule has 0 bridgehead atoms. The van der Waals surface area contributed by atoms with Gasteiger partial charge in [-0.1, -0.05) is 25.2 Å². The highest BCUT2D eigenvalue weighted by atomic mass is 32.2. The molecule has 6 heteroatoms. The van der Waals surface area contributed by atoms with Crippen molar-refractivity contribution in [2.45, 2.75) is 56.0 Å². The number of anilines is 1. The number of nitrogens with zero attached hydrogens (tertiary/aromatic N) is 1. The lowest BCUT2D eigenvalue weighted by Gasteiger charge is -2.17. The van der Waals surface area contributed by atoms with Gasteiger partial charge in [-0.05, 0) is 26.7 Å². The summed E-state index contributed by atoms with van der Waals surface area (Å²) in [7, 11) is 0. The molecule has 4 nitrogen and oxygen atoms in total. The minimum atomic E-state index is -0.121. The Morgan fingerprint density at radius 3 is 2.56 bits per heavy atom. The number of hydrogen-bond acceptors (Lipinski definition) is 5. The van der Waals surface area contributed by atoms with Crippen LogP contribution in [0.4, 0.5) is 5.13 Å². The molecule has 1 amide bonds. The van der Waals surface area contributed by atoms with Gasteiger partial charge in [-0.3, -0.25) is 4.79 Å². The molecule has 0 fully saturated rings. The van der Waals surface area contributed by atoms with Crippen molar-refractivity contribution >= 4 is 34.1 Å². The molecule has 0 aliphatic heterocycles. The molecule has 0 aromatic carbocycles. The van der Waals surface area contributed by atoms with Crippen molar-refractivity contribution in [1.29, 1.82) is 0 Å². The van der Waals surface area contributed by atoms with Crippen LogP contribution in [0.5, 0.6) is 0 Å². The molecule has 0 saturated carbocycles. The Hall–Kier alpha value is -0.750. The van der Waals surface area contributed by atoms with Crippen molar-refractivity contribution in [2.24, 2.45) is 0 Å². The molecule has 0 radical (unpaired) electrons. The van der Waals surface area contributed by atoms with Gasteiger partial charge in [0.25, 0.3) is 0 Å². The van der Waals surface area contributed by atoms with Crippen molar-refractivity contribution in [2.75, 3.05) is 5.73 Å². The summed E-state index contributed by atoms with van der Waals surface area (Å²) in [5.41, 5.74) is 6.56. The van der Waals surface area contributed by atoms with E-state index in [0.29, 0.717) is 5.13 Å². The van der Waals surface area contributed by atoms with E-state index in [9.17, 15) is 4.79 Å². The summed E-state index contributed by atoms with van der Waals surface area (Å²) in [4.78, 5) is 16.2. The van der Waals surface area contributed by atoms with E-state index in [0.717, 1.165) is 22.7 Å². The van der Waals surface area contributed by atoms with Crippen LogP contribution < -0.4 is 11.1 Å². The molecular formula is C12H21N3OS2. The highest BCUT2D eigenvalue weighted by molar-refractivity contribution is 8.02. The summed E-state index contributed by atoms with van der Waals surface area (Å²) in [6.45, 7) is 8.00. The zero-order chi connectivity index (χ0) is 13.7. The standard InChI is InChI=1S/C12H21N3OS2/c1-5-9(6-2)15-10(16)8(4)17-11-7(3)14-12(13)18-11/h8-9H,5-6H2,1-4H3,(H2,13,14)(H,15,16). The third kappa shape index (κ3) is 4.17. The molecule has 1 rings (SSSR count). The number of nitrogen functional groups attached to an aromatic ring is 1. The zero-order valence-corrected chi connectivity index (χ0v) is 13.0. The summed E-state index contributed by atoms with van der Waals surface area (Å²) in [6.07, 6.45) is 1.93. The van der Waals surface area contributed by atoms with Crippen molar-refractivity contribution in [3.63, 3.8) is 0 Å². The second-order valence-electron chi connectivity index (χ2n) is 4.21. The van der Waals surface area contributed by atoms with Crippen LogP contribution >= 0.6 is 23.1 Å². The molecule has 0 aliphatic rings. The van der Waals surface area contributed by atoms with Crippen LogP contribution in [0.15, 0.2) is 4.21 Å². The minimum absolute atomic E-state index is 0.0834. The molecule has 1 atom stereocenters.